The topological polar surface area (TPSA) is 49.3 Å². The third-order valence-corrected chi connectivity index (χ3v) is 1.41. The predicted octanol–water partition coefficient (Wildman–Crippen LogP) is -0.229. The summed E-state index contributed by atoms with van der Waals surface area (Å²) in [6.07, 6.45) is -0.890. The first kappa shape index (κ1) is 6.48. The van der Waals surface area contributed by atoms with Gasteiger partial charge < -0.3 is 10.4 Å². The maximum absolute atomic E-state index is 12.4. The van der Waals surface area contributed by atoms with Crippen molar-refractivity contribution in [2.24, 2.45) is 0 Å². The molecule has 2 N–H and O–H groups in total. The van der Waals surface area contributed by atoms with Gasteiger partial charge in [-0.3, -0.25) is 4.79 Å². The highest BCUT2D eigenvalue weighted by atomic mass is 19.1. The van der Waals surface area contributed by atoms with Crippen LogP contribution in [-0.4, -0.2) is 29.8 Å². The molecule has 0 aromatic heterocycles. The molecule has 9 heavy (non-hydrogen) atoms. The van der Waals surface area contributed by atoms with Crippen molar-refractivity contribution in [2.75, 3.05) is 6.54 Å². The lowest BCUT2D eigenvalue weighted by Crippen LogP contribution is -2.36. The van der Waals surface area contributed by atoms with Gasteiger partial charge in [-0.15, -0.1) is 0 Å². The van der Waals surface area contributed by atoms with Gasteiger partial charge in [0.15, 0.2) is 0 Å². The SMILES string of the molecule is O=C(O)[C@H]1NCC[C@@H]1F. The van der Waals surface area contributed by atoms with Crippen molar-refractivity contribution in [2.45, 2.75) is 18.6 Å². The molecule has 0 bridgehead atoms. The molecule has 1 aliphatic rings. The number of rotatable bonds is 1. The van der Waals surface area contributed by atoms with Crippen LogP contribution < -0.4 is 5.32 Å². The minimum Gasteiger partial charge on any atom is -0.480 e. The molecule has 1 aliphatic heterocycles. The van der Waals surface area contributed by atoms with E-state index in [9.17, 15) is 9.18 Å². The number of nitrogens with one attached hydrogen (secondary N) is 1. The summed E-state index contributed by atoms with van der Waals surface area (Å²) in [6, 6.07) is -0.968. The molecule has 1 saturated heterocycles. The monoisotopic (exact) mass is 133 g/mol. The molecule has 52 valence electrons. The molecule has 2 atom stereocenters. The molecule has 0 aliphatic carbocycles. The number of alkyl halides is 1. The van der Waals surface area contributed by atoms with Crippen molar-refractivity contribution < 1.29 is 14.3 Å². The average Bonchev–Trinajstić information content (AvgIpc) is 2.13. The first-order valence-corrected chi connectivity index (χ1v) is 2.82. The third-order valence-electron chi connectivity index (χ3n) is 1.41. The summed E-state index contributed by atoms with van der Waals surface area (Å²) in [7, 11) is 0. The van der Waals surface area contributed by atoms with Gasteiger partial charge in [0.25, 0.3) is 0 Å². The lowest BCUT2D eigenvalue weighted by Gasteiger charge is -2.04. The fraction of sp³-hybridized carbons (Fsp3) is 0.800. The molecule has 0 spiro atoms. The van der Waals surface area contributed by atoms with Gasteiger partial charge in [-0.2, -0.15) is 0 Å². The number of halogens is 1. The zero-order valence-corrected chi connectivity index (χ0v) is 4.80. The number of carbonyl (C=O) groups is 1. The summed E-state index contributed by atoms with van der Waals surface area (Å²) < 4.78 is 12.4. The summed E-state index contributed by atoms with van der Waals surface area (Å²) in [4.78, 5) is 10.1. The molecule has 0 radical (unpaired) electrons. The Balaban J connectivity index is 2.49. The Morgan fingerprint density at radius 2 is 2.44 bits per heavy atom. The van der Waals surface area contributed by atoms with Gasteiger partial charge in [-0.25, -0.2) is 4.39 Å². The molecule has 0 amide bonds. The van der Waals surface area contributed by atoms with Crippen LogP contribution in [0, 0.1) is 0 Å². The Bertz CT molecular complexity index is 128. The molecule has 1 fully saturated rings. The number of aliphatic carboxylic acids is 1. The Kier molecular flexibility index (Phi) is 1.66. The molecule has 0 saturated carbocycles. The standard InChI is InChI=1S/C5H8FNO2/c6-3-1-2-7-4(3)5(8)9/h3-4,7H,1-2H2,(H,8,9)/t3-,4-/m0/s1. The van der Waals surface area contributed by atoms with Crippen LogP contribution in [0.15, 0.2) is 0 Å². The summed E-state index contributed by atoms with van der Waals surface area (Å²) in [5.41, 5.74) is 0. The van der Waals surface area contributed by atoms with E-state index >= 15 is 0 Å². The lowest BCUT2D eigenvalue weighted by atomic mass is 10.2. The maximum Gasteiger partial charge on any atom is 0.323 e. The molecule has 1 heterocycles. The second-order valence-corrected chi connectivity index (χ2v) is 2.07. The van der Waals surface area contributed by atoms with Crippen LogP contribution >= 0.6 is 0 Å². The van der Waals surface area contributed by atoms with Crippen LogP contribution in [-0.2, 0) is 4.79 Å². The van der Waals surface area contributed by atoms with E-state index in [1.807, 2.05) is 0 Å². The van der Waals surface area contributed by atoms with E-state index in [0.717, 1.165) is 0 Å². The molecule has 0 aromatic rings. The van der Waals surface area contributed by atoms with Gasteiger partial charge in [-0.05, 0) is 13.0 Å². The molecule has 0 unspecified atom stereocenters. The number of carboxylic acids is 1. The van der Waals surface area contributed by atoms with Crippen molar-refractivity contribution in [1.82, 2.24) is 5.32 Å². The summed E-state index contributed by atoms with van der Waals surface area (Å²) in [6.45, 7) is 0.470. The van der Waals surface area contributed by atoms with Crippen LogP contribution in [0.1, 0.15) is 6.42 Å². The third kappa shape index (κ3) is 1.18. The van der Waals surface area contributed by atoms with Crippen molar-refractivity contribution in [3.05, 3.63) is 0 Å². The number of hydrogen-bond acceptors (Lipinski definition) is 2. The van der Waals surface area contributed by atoms with Crippen molar-refractivity contribution >= 4 is 5.97 Å². The van der Waals surface area contributed by atoms with Crippen LogP contribution in [0.25, 0.3) is 0 Å². The Morgan fingerprint density at radius 1 is 1.78 bits per heavy atom. The highest BCUT2D eigenvalue weighted by Gasteiger charge is 2.32. The van der Waals surface area contributed by atoms with E-state index < -0.39 is 18.2 Å². The Morgan fingerprint density at radius 3 is 2.67 bits per heavy atom. The lowest BCUT2D eigenvalue weighted by molar-refractivity contribution is -0.140. The van der Waals surface area contributed by atoms with Gasteiger partial charge in [0.05, 0.1) is 0 Å². The minimum atomic E-state index is -1.21. The van der Waals surface area contributed by atoms with Crippen molar-refractivity contribution in [1.29, 1.82) is 0 Å². The fourth-order valence-corrected chi connectivity index (χ4v) is 0.913. The van der Waals surface area contributed by atoms with E-state index in [1.54, 1.807) is 0 Å². The smallest absolute Gasteiger partial charge is 0.323 e. The molecular weight excluding hydrogens is 125 g/mol. The normalized spacial score (nSPS) is 34.8. The highest BCUT2D eigenvalue weighted by Crippen LogP contribution is 2.10. The van der Waals surface area contributed by atoms with Crippen LogP contribution in [0.3, 0.4) is 0 Å². The summed E-state index contributed by atoms with van der Waals surface area (Å²) >= 11 is 0. The molecule has 3 nitrogen and oxygen atoms in total. The number of hydrogen-bond donors (Lipinski definition) is 2. The highest BCUT2D eigenvalue weighted by molar-refractivity contribution is 5.74. The van der Waals surface area contributed by atoms with Gasteiger partial charge in [0, 0.05) is 0 Å². The second kappa shape index (κ2) is 2.31. The van der Waals surface area contributed by atoms with E-state index in [0.29, 0.717) is 13.0 Å². The summed E-state index contributed by atoms with van der Waals surface area (Å²) in [5.74, 6) is -1.10. The molecule has 1 rings (SSSR count). The Hall–Kier alpha value is -0.640. The first-order valence-electron chi connectivity index (χ1n) is 2.82. The van der Waals surface area contributed by atoms with E-state index in [-0.39, 0.29) is 0 Å². The minimum absolute atomic E-state index is 0.316. The maximum atomic E-state index is 12.4. The molecule has 4 heteroatoms. The second-order valence-electron chi connectivity index (χ2n) is 2.07. The molecular formula is C5H8FNO2. The van der Waals surface area contributed by atoms with Gasteiger partial charge in [-0.1, -0.05) is 0 Å². The van der Waals surface area contributed by atoms with Gasteiger partial charge in [0.1, 0.15) is 12.2 Å². The summed E-state index contributed by atoms with van der Waals surface area (Å²) in [5, 5.41) is 10.8. The average molecular weight is 133 g/mol. The van der Waals surface area contributed by atoms with Crippen molar-refractivity contribution in [3.8, 4) is 0 Å². The number of carboxylic acid groups (broad SMARTS) is 1. The molecule has 0 aromatic carbocycles. The van der Waals surface area contributed by atoms with Crippen molar-refractivity contribution in [3.63, 3.8) is 0 Å². The Labute approximate surface area is 51.9 Å². The quantitative estimate of drug-likeness (QED) is 0.519. The zero-order valence-electron chi connectivity index (χ0n) is 4.80. The van der Waals surface area contributed by atoms with Gasteiger partial charge >= 0.3 is 5.97 Å². The zero-order chi connectivity index (χ0) is 6.85. The van der Waals surface area contributed by atoms with E-state index in [4.69, 9.17) is 5.11 Å². The fourth-order valence-electron chi connectivity index (χ4n) is 0.913. The van der Waals surface area contributed by atoms with E-state index in [2.05, 4.69) is 5.32 Å². The van der Waals surface area contributed by atoms with Crippen LogP contribution in [0.4, 0.5) is 4.39 Å². The largest absolute Gasteiger partial charge is 0.480 e. The van der Waals surface area contributed by atoms with Crippen LogP contribution in [0.2, 0.25) is 0 Å². The predicted molar refractivity (Wildman–Crippen MR) is 28.9 cm³/mol. The van der Waals surface area contributed by atoms with Gasteiger partial charge in [0.2, 0.25) is 0 Å². The first-order chi connectivity index (χ1) is 4.22. The van der Waals surface area contributed by atoms with E-state index in [1.165, 1.54) is 0 Å². The van der Waals surface area contributed by atoms with Crippen LogP contribution in [0.5, 0.6) is 0 Å².